The van der Waals surface area contributed by atoms with E-state index in [-0.39, 0.29) is 0 Å². The lowest BCUT2D eigenvalue weighted by atomic mass is 10.0. The zero-order valence-electron chi connectivity index (χ0n) is 13.8. The number of carboxylic acids is 1. The molecule has 2 aromatic heterocycles. The molecule has 24 heavy (non-hydrogen) atoms. The first-order valence-corrected chi connectivity index (χ1v) is 8.86. The van der Waals surface area contributed by atoms with Crippen LogP contribution in [0, 0.1) is 0 Å². The molecule has 5 nitrogen and oxygen atoms in total. The maximum atomic E-state index is 11.7. The minimum atomic E-state index is -0.833. The summed E-state index contributed by atoms with van der Waals surface area (Å²) in [5.74, 6) is -0.833. The van der Waals surface area contributed by atoms with Crippen LogP contribution in [-0.4, -0.2) is 26.7 Å². The Morgan fingerprint density at radius 1 is 1.38 bits per heavy atom. The van der Waals surface area contributed by atoms with Crippen molar-refractivity contribution in [2.75, 3.05) is 0 Å². The predicted molar refractivity (Wildman–Crippen MR) is 96.4 cm³/mol. The highest BCUT2D eigenvalue weighted by Crippen LogP contribution is 2.26. The third kappa shape index (κ3) is 3.49. The second-order valence-electron chi connectivity index (χ2n) is 6.12. The largest absolute Gasteiger partial charge is 0.480 e. The van der Waals surface area contributed by atoms with E-state index in [9.17, 15) is 9.90 Å². The number of aromatic nitrogens is 2. The van der Waals surface area contributed by atoms with Crippen LogP contribution in [0.25, 0.3) is 10.1 Å². The molecule has 0 aliphatic carbocycles. The number of aliphatic carboxylic acids is 1. The molecule has 2 N–H and O–H groups in total. The van der Waals surface area contributed by atoms with Gasteiger partial charge in [0, 0.05) is 23.5 Å². The van der Waals surface area contributed by atoms with Crippen LogP contribution in [0.2, 0.25) is 0 Å². The van der Waals surface area contributed by atoms with Crippen LogP contribution in [0.1, 0.15) is 31.1 Å². The van der Waals surface area contributed by atoms with Crippen LogP contribution >= 0.6 is 11.3 Å². The molecule has 0 amide bonds. The number of hydrogen-bond donors (Lipinski definition) is 2. The number of rotatable bonds is 7. The van der Waals surface area contributed by atoms with Gasteiger partial charge >= 0.3 is 5.97 Å². The molecule has 0 saturated heterocycles. The lowest BCUT2D eigenvalue weighted by molar-refractivity contribution is -0.139. The molecule has 0 aliphatic heterocycles. The monoisotopic (exact) mass is 343 g/mol. The van der Waals surface area contributed by atoms with Crippen molar-refractivity contribution < 1.29 is 9.90 Å². The zero-order chi connectivity index (χ0) is 17.1. The van der Waals surface area contributed by atoms with E-state index in [1.165, 1.54) is 4.70 Å². The summed E-state index contributed by atoms with van der Waals surface area (Å²) in [6.07, 6.45) is 4.03. The third-order valence-corrected chi connectivity index (χ3v) is 5.13. The Morgan fingerprint density at radius 3 is 2.92 bits per heavy atom. The quantitative estimate of drug-likeness (QED) is 0.689. The number of carbonyl (C=O) groups is 1. The maximum absolute atomic E-state index is 11.7. The van der Waals surface area contributed by atoms with Gasteiger partial charge in [-0.1, -0.05) is 18.2 Å². The van der Waals surface area contributed by atoms with Crippen LogP contribution in [0.4, 0.5) is 0 Å². The number of nitrogens with one attached hydrogen (secondary N) is 1. The zero-order valence-corrected chi connectivity index (χ0v) is 14.6. The lowest BCUT2D eigenvalue weighted by Gasteiger charge is -2.16. The molecule has 0 radical (unpaired) electrons. The number of imidazole rings is 1. The van der Waals surface area contributed by atoms with E-state index in [1.54, 1.807) is 23.9 Å². The highest BCUT2D eigenvalue weighted by Gasteiger charge is 2.20. The molecule has 3 aromatic rings. The molecule has 1 aromatic carbocycles. The molecule has 0 spiro atoms. The summed E-state index contributed by atoms with van der Waals surface area (Å²) in [7, 11) is 0. The summed E-state index contributed by atoms with van der Waals surface area (Å²) >= 11 is 1.66. The van der Waals surface area contributed by atoms with E-state index in [0.29, 0.717) is 19.0 Å². The van der Waals surface area contributed by atoms with Gasteiger partial charge in [0.1, 0.15) is 6.04 Å². The fourth-order valence-corrected chi connectivity index (χ4v) is 3.79. The van der Waals surface area contributed by atoms with Crippen molar-refractivity contribution in [3.05, 3.63) is 53.4 Å². The number of benzene rings is 1. The number of hydrogen-bond acceptors (Lipinski definition) is 4. The van der Waals surface area contributed by atoms with Gasteiger partial charge in [-0.3, -0.25) is 10.1 Å². The highest BCUT2D eigenvalue weighted by atomic mass is 32.1. The third-order valence-electron chi connectivity index (χ3n) is 4.12. The van der Waals surface area contributed by atoms with Gasteiger partial charge in [0.25, 0.3) is 0 Å². The van der Waals surface area contributed by atoms with Crippen molar-refractivity contribution in [2.45, 2.75) is 38.9 Å². The van der Waals surface area contributed by atoms with Gasteiger partial charge in [0.15, 0.2) is 0 Å². The molecule has 0 bridgehead atoms. The Bertz CT molecular complexity index is 838. The summed E-state index contributed by atoms with van der Waals surface area (Å²) < 4.78 is 3.24. The summed E-state index contributed by atoms with van der Waals surface area (Å²) in [5.41, 5.74) is 2.07. The van der Waals surface area contributed by atoms with Gasteiger partial charge < -0.3 is 9.67 Å². The normalized spacial score (nSPS) is 12.8. The predicted octanol–water partition coefficient (Wildman–Crippen LogP) is 3.46. The highest BCUT2D eigenvalue weighted by molar-refractivity contribution is 7.17. The van der Waals surface area contributed by atoms with Crippen LogP contribution < -0.4 is 5.32 Å². The van der Waals surface area contributed by atoms with Gasteiger partial charge in [-0.15, -0.1) is 11.3 Å². The van der Waals surface area contributed by atoms with Crippen LogP contribution in [-0.2, 0) is 17.8 Å². The van der Waals surface area contributed by atoms with Gasteiger partial charge in [0.05, 0.1) is 12.0 Å². The van der Waals surface area contributed by atoms with Gasteiger partial charge in [-0.25, -0.2) is 4.98 Å². The fourth-order valence-electron chi connectivity index (χ4n) is 2.82. The van der Waals surface area contributed by atoms with Gasteiger partial charge in [0.2, 0.25) is 0 Å². The van der Waals surface area contributed by atoms with Crippen molar-refractivity contribution in [1.29, 1.82) is 0 Å². The van der Waals surface area contributed by atoms with E-state index < -0.39 is 12.0 Å². The van der Waals surface area contributed by atoms with E-state index in [1.807, 2.05) is 22.8 Å². The molecule has 0 aliphatic rings. The molecule has 6 heteroatoms. The van der Waals surface area contributed by atoms with E-state index in [2.05, 4.69) is 35.6 Å². The van der Waals surface area contributed by atoms with E-state index >= 15 is 0 Å². The van der Waals surface area contributed by atoms with Crippen molar-refractivity contribution in [2.24, 2.45) is 0 Å². The molecular formula is C18H21N3O2S. The second-order valence-corrected chi connectivity index (χ2v) is 7.03. The standard InChI is InChI=1S/C18H21N3O2S/c1-12(2)21-11-19-8-14(21)9-20-16(18(22)23)7-13-10-24-17-6-4-3-5-15(13)17/h3-6,8,10-12,16,20H,7,9H2,1-2H3,(H,22,23). The first-order chi connectivity index (χ1) is 11.6. The van der Waals surface area contributed by atoms with Crippen LogP contribution in [0.5, 0.6) is 0 Å². The number of nitrogens with zero attached hydrogens (tertiary/aromatic N) is 2. The van der Waals surface area contributed by atoms with Crippen LogP contribution in [0.3, 0.4) is 0 Å². The topological polar surface area (TPSA) is 67.2 Å². The van der Waals surface area contributed by atoms with Crippen molar-refractivity contribution >= 4 is 27.4 Å². The maximum Gasteiger partial charge on any atom is 0.321 e. The molecule has 0 fully saturated rings. The second kappa shape index (κ2) is 7.15. The molecule has 0 saturated carbocycles. The molecule has 1 unspecified atom stereocenters. The number of carboxylic acid groups (broad SMARTS) is 1. The van der Waals surface area contributed by atoms with E-state index in [0.717, 1.165) is 16.6 Å². The van der Waals surface area contributed by atoms with Crippen molar-refractivity contribution in [3.8, 4) is 0 Å². The minimum absolute atomic E-state index is 0.299. The Morgan fingerprint density at radius 2 is 2.17 bits per heavy atom. The Kier molecular flexibility index (Phi) is 4.97. The van der Waals surface area contributed by atoms with Crippen LogP contribution in [0.15, 0.2) is 42.2 Å². The molecule has 1 atom stereocenters. The molecule has 2 heterocycles. The lowest BCUT2D eigenvalue weighted by Crippen LogP contribution is -2.38. The summed E-state index contributed by atoms with van der Waals surface area (Å²) in [6.45, 7) is 4.64. The van der Waals surface area contributed by atoms with Gasteiger partial charge in [-0.2, -0.15) is 0 Å². The average Bonchev–Trinajstić information content (AvgIpc) is 3.18. The number of fused-ring (bicyclic) bond motifs is 1. The Hall–Kier alpha value is -2.18. The SMILES string of the molecule is CC(C)n1cncc1CNC(Cc1csc2ccccc12)C(=O)O. The molecule has 126 valence electrons. The molecular weight excluding hydrogens is 322 g/mol. The summed E-state index contributed by atoms with van der Waals surface area (Å²) in [6, 6.07) is 7.78. The first kappa shape index (κ1) is 16.7. The Labute approximate surface area is 145 Å². The smallest absolute Gasteiger partial charge is 0.321 e. The van der Waals surface area contributed by atoms with Crippen molar-refractivity contribution in [1.82, 2.24) is 14.9 Å². The van der Waals surface area contributed by atoms with Crippen molar-refractivity contribution in [3.63, 3.8) is 0 Å². The molecule has 3 rings (SSSR count). The summed E-state index contributed by atoms with van der Waals surface area (Å²) in [4.78, 5) is 15.8. The summed E-state index contributed by atoms with van der Waals surface area (Å²) in [5, 5.41) is 15.9. The minimum Gasteiger partial charge on any atom is -0.480 e. The fraction of sp³-hybridized carbons (Fsp3) is 0.333. The Balaban J connectivity index is 1.73. The van der Waals surface area contributed by atoms with Gasteiger partial charge in [-0.05, 0) is 42.7 Å². The average molecular weight is 343 g/mol. The van der Waals surface area contributed by atoms with E-state index in [4.69, 9.17) is 0 Å². The first-order valence-electron chi connectivity index (χ1n) is 7.98. The number of thiophene rings is 1.